The molecule has 170 valence electrons. The second kappa shape index (κ2) is 13.6. The number of rotatable bonds is 15. The number of aliphatic hydroxyl groups excluding tert-OH is 1. The van der Waals surface area contributed by atoms with Crippen molar-refractivity contribution in [2.24, 2.45) is 11.8 Å². The van der Waals surface area contributed by atoms with Gasteiger partial charge in [0.15, 0.2) is 14.8 Å². The molecule has 1 aliphatic rings. The summed E-state index contributed by atoms with van der Waals surface area (Å²) in [6, 6.07) is 0. The van der Waals surface area contributed by atoms with E-state index in [1.54, 1.807) is 0 Å². The van der Waals surface area contributed by atoms with Crippen LogP contribution >= 0.6 is 0 Å². The number of ether oxygens (including phenoxy) is 1. The molecule has 0 radical (unpaired) electrons. The van der Waals surface area contributed by atoms with Crippen LogP contribution in [0.3, 0.4) is 0 Å². The molecule has 29 heavy (non-hydrogen) atoms. The Morgan fingerprint density at radius 3 is 2.38 bits per heavy atom. The van der Waals surface area contributed by atoms with Gasteiger partial charge in [-0.3, -0.25) is 9.59 Å². The zero-order valence-electron chi connectivity index (χ0n) is 19.4. The SMILES string of the molecule is CCCCC1CC(=O)C(O[SiH](C)C)(C(O)CCCCCC(=O)OC)C1CCCC. The lowest BCUT2D eigenvalue weighted by Gasteiger charge is -2.41. The highest BCUT2D eigenvalue weighted by molar-refractivity contribution is 6.48. The van der Waals surface area contributed by atoms with Gasteiger partial charge in [0.1, 0.15) is 5.60 Å². The Hall–Kier alpha value is -0.723. The molecule has 0 aromatic carbocycles. The van der Waals surface area contributed by atoms with E-state index in [0.29, 0.717) is 25.2 Å². The normalized spacial score (nSPS) is 25.6. The van der Waals surface area contributed by atoms with Crippen LogP contribution in [0, 0.1) is 11.8 Å². The van der Waals surface area contributed by atoms with Crippen LogP contribution < -0.4 is 0 Å². The van der Waals surface area contributed by atoms with Gasteiger partial charge >= 0.3 is 5.97 Å². The maximum Gasteiger partial charge on any atom is 0.305 e. The van der Waals surface area contributed by atoms with Crippen molar-refractivity contribution in [2.45, 2.75) is 116 Å². The molecule has 0 aliphatic heterocycles. The number of unbranched alkanes of at least 4 members (excludes halogenated alkanes) is 4. The van der Waals surface area contributed by atoms with Crippen molar-refractivity contribution in [3.8, 4) is 0 Å². The molecule has 0 bridgehead atoms. The molecule has 1 fully saturated rings. The quantitative estimate of drug-likeness (QED) is 0.230. The minimum Gasteiger partial charge on any atom is -0.469 e. The Balaban J connectivity index is 2.92. The average molecular weight is 429 g/mol. The second-order valence-electron chi connectivity index (χ2n) is 8.93. The van der Waals surface area contributed by atoms with Gasteiger partial charge in [0.05, 0.1) is 13.2 Å². The maximum atomic E-state index is 13.3. The maximum absolute atomic E-state index is 13.3. The topological polar surface area (TPSA) is 72.8 Å². The number of hydrogen-bond donors (Lipinski definition) is 1. The smallest absolute Gasteiger partial charge is 0.305 e. The van der Waals surface area contributed by atoms with Gasteiger partial charge in [-0.2, -0.15) is 0 Å². The van der Waals surface area contributed by atoms with Crippen LogP contribution in [0.1, 0.15) is 90.9 Å². The monoisotopic (exact) mass is 428 g/mol. The van der Waals surface area contributed by atoms with E-state index in [-0.39, 0.29) is 17.7 Å². The Morgan fingerprint density at radius 1 is 1.14 bits per heavy atom. The van der Waals surface area contributed by atoms with Gasteiger partial charge in [-0.15, -0.1) is 0 Å². The minimum atomic E-state index is -1.52. The molecule has 0 spiro atoms. The van der Waals surface area contributed by atoms with Crippen molar-refractivity contribution >= 4 is 20.8 Å². The fourth-order valence-electron chi connectivity index (χ4n) is 4.90. The predicted molar refractivity (Wildman–Crippen MR) is 119 cm³/mol. The van der Waals surface area contributed by atoms with Crippen molar-refractivity contribution in [2.75, 3.05) is 7.11 Å². The van der Waals surface area contributed by atoms with E-state index in [1.165, 1.54) is 7.11 Å². The number of aliphatic hydroxyl groups is 1. The molecule has 4 unspecified atom stereocenters. The molecule has 1 N–H and O–H groups in total. The predicted octanol–water partition coefficient (Wildman–Crippen LogP) is 4.80. The molecule has 4 atom stereocenters. The van der Waals surface area contributed by atoms with Crippen LogP contribution in [0.15, 0.2) is 0 Å². The number of ketones is 1. The van der Waals surface area contributed by atoms with Crippen LogP contribution in [0.2, 0.25) is 13.1 Å². The summed E-state index contributed by atoms with van der Waals surface area (Å²) in [6.07, 6.45) is 9.54. The van der Waals surface area contributed by atoms with Gasteiger partial charge in [0.25, 0.3) is 0 Å². The third-order valence-corrected chi connectivity index (χ3v) is 7.17. The summed E-state index contributed by atoms with van der Waals surface area (Å²) < 4.78 is 11.2. The van der Waals surface area contributed by atoms with Gasteiger partial charge in [-0.1, -0.05) is 52.4 Å². The van der Waals surface area contributed by atoms with Crippen molar-refractivity contribution in [3.63, 3.8) is 0 Å². The third-order valence-electron chi connectivity index (χ3n) is 6.31. The molecular weight excluding hydrogens is 384 g/mol. The zero-order chi connectivity index (χ0) is 21.9. The highest BCUT2D eigenvalue weighted by Gasteiger charge is 2.58. The first-order valence-corrected chi connectivity index (χ1v) is 14.6. The molecule has 0 aromatic rings. The number of methoxy groups -OCH3 is 1. The Morgan fingerprint density at radius 2 is 1.79 bits per heavy atom. The number of carbonyl (C=O) groups is 2. The number of Topliss-reactive ketones (excluding diaryl/α,β-unsaturated/α-hetero) is 1. The first-order chi connectivity index (χ1) is 13.8. The van der Waals surface area contributed by atoms with Crippen LogP contribution in [0.25, 0.3) is 0 Å². The lowest BCUT2D eigenvalue weighted by atomic mass is 9.76. The molecule has 1 aliphatic carbocycles. The van der Waals surface area contributed by atoms with Crippen LogP contribution in [-0.2, 0) is 18.8 Å². The fraction of sp³-hybridized carbons (Fsp3) is 0.913. The van der Waals surface area contributed by atoms with Crippen LogP contribution in [0.5, 0.6) is 0 Å². The molecule has 5 nitrogen and oxygen atoms in total. The first-order valence-electron chi connectivity index (χ1n) is 11.8. The zero-order valence-corrected chi connectivity index (χ0v) is 20.5. The molecule has 0 amide bonds. The van der Waals surface area contributed by atoms with Crippen molar-refractivity contribution in [3.05, 3.63) is 0 Å². The average Bonchev–Trinajstić information content (AvgIpc) is 2.95. The summed E-state index contributed by atoms with van der Waals surface area (Å²) in [4.78, 5) is 24.6. The number of hydrogen-bond acceptors (Lipinski definition) is 5. The lowest BCUT2D eigenvalue weighted by molar-refractivity contribution is -0.149. The van der Waals surface area contributed by atoms with E-state index in [2.05, 4.69) is 31.7 Å². The van der Waals surface area contributed by atoms with Crippen molar-refractivity contribution in [1.29, 1.82) is 0 Å². The second-order valence-corrected chi connectivity index (χ2v) is 11.3. The lowest BCUT2D eigenvalue weighted by Crippen LogP contribution is -2.56. The highest BCUT2D eigenvalue weighted by Crippen LogP contribution is 2.48. The number of esters is 1. The Bertz CT molecular complexity index is 496. The van der Waals surface area contributed by atoms with Gasteiger partial charge in [0, 0.05) is 12.8 Å². The van der Waals surface area contributed by atoms with Crippen LogP contribution in [-0.4, -0.2) is 44.7 Å². The highest BCUT2D eigenvalue weighted by atomic mass is 28.3. The fourth-order valence-corrected chi connectivity index (χ4v) is 6.14. The summed E-state index contributed by atoms with van der Waals surface area (Å²) in [5.41, 5.74) is -1.00. The molecule has 1 rings (SSSR count). The molecule has 0 aromatic heterocycles. The molecule has 6 heteroatoms. The summed E-state index contributed by atoms with van der Waals surface area (Å²) >= 11 is 0. The molecule has 0 saturated heterocycles. The molecule has 0 heterocycles. The van der Waals surface area contributed by atoms with Gasteiger partial charge in [-0.05, 0) is 50.6 Å². The minimum absolute atomic E-state index is 0.126. The van der Waals surface area contributed by atoms with E-state index in [9.17, 15) is 14.7 Å². The Labute approximate surface area is 179 Å². The summed E-state index contributed by atoms with van der Waals surface area (Å²) in [5, 5.41) is 11.3. The first kappa shape index (κ1) is 26.3. The summed E-state index contributed by atoms with van der Waals surface area (Å²) in [6.45, 7) is 8.55. The summed E-state index contributed by atoms with van der Waals surface area (Å²) in [5.74, 6) is 0.390. The largest absolute Gasteiger partial charge is 0.469 e. The van der Waals surface area contributed by atoms with E-state index >= 15 is 0 Å². The van der Waals surface area contributed by atoms with Crippen LogP contribution in [0.4, 0.5) is 0 Å². The Kier molecular flexibility index (Phi) is 12.3. The summed E-state index contributed by atoms with van der Waals surface area (Å²) in [7, 11) is -0.117. The van der Waals surface area contributed by atoms with E-state index in [4.69, 9.17) is 4.43 Å². The van der Waals surface area contributed by atoms with Gasteiger partial charge < -0.3 is 14.3 Å². The molecule has 1 saturated carbocycles. The van der Waals surface area contributed by atoms with Gasteiger partial charge in [-0.25, -0.2) is 0 Å². The van der Waals surface area contributed by atoms with E-state index in [1.807, 2.05) is 0 Å². The van der Waals surface area contributed by atoms with Gasteiger partial charge in [0.2, 0.25) is 0 Å². The van der Waals surface area contributed by atoms with Crippen molar-refractivity contribution in [1.82, 2.24) is 0 Å². The number of carbonyl (C=O) groups excluding carboxylic acids is 2. The van der Waals surface area contributed by atoms with E-state index in [0.717, 1.165) is 57.8 Å². The molecular formula is C23H44O5Si. The van der Waals surface area contributed by atoms with E-state index < -0.39 is 20.7 Å². The third kappa shape index (κ3) is 7.48. The van der Waals surface area contributed by atoms with Crippen molar-refractivity contribution < 1.29 is 23.9 Å². The standard InChI is InChI=1S/C23H44O5Si/c1-6-8-13-18-17-21(25)23(28-29(4)5,19(18)14-9-7-2)20(24)15-11-10-12-16-22(26)27-3/h18-20,24,29H,6-17H2,1-5H3.